The molecule has 1 aromatic heterocycles. The van der Waals surface area contributed by atoms with Gasteiger partial charge in [0.1, 0.15) is 0 Å². The molecule has 4 rings (SSSR count). The van der Waals surface area contributed by atoms with Gasteiger partial charge in [-0.05, 0) is 53.0 Å². The van der Waals surface area contributed by atoms with Gasteiger partial charge in [-0.1, -0.05) is 6.07 Å². The van der Waals surface area contributed by atoms with Gasteiger partial charge in [0.2, 0.25) is 0 Å². The Morgan fingerprint density at radius 2 is 2.20 bits per heavy atom. The molecule has 1 fully saturated rings. The minimum Gasteiger partial charge on any atom is -0.346 e. The van der Waals surface area contributed by atoms with E-state index in [1.165, 1.54) is 39.3 Å². The monoisotopic (exact) mass is 333 g/mol. The molecular formula is C16H20BrN3. The molecule has 0 saturated carbocycles. The SMILES string of the molecule is CN1CCNC(c2cc3c4c(c2)c(Br)cn4CCC3)C1. The molecular weight excluding hydrogens is 314 g/mol. The smallest absolute Gasteiger partial charge is 0.0524 e. The summed E-state index contributed by atoms with van der Waals surface area (Å²) in [5.74, 6) is 0. The highest BCUT2D eigenvalue weighted by atomic mass is 79.9. The van der Waals surface area contributed by atoms with E-state index in [2.05, 4.69) is 56.1 Å². The van der Waals surface area contributed by atoms with E-state index in [4.69, 9.17) is 0 Å². The van der Waals surface area contributed by atoms with Gasteiger partial charge >= 0.3 is 0 Å². The molecule has 1 atom stereocenters. The fraction of sp³-hybridized carbons (Fsp3) is 0.500. The van der Waals surface area contributed by atoms with Gasteiger partial charge in [0.25, 0.3) is 0 Å². The highest BCUT2D eigenvalue weighted by molar-refractivity contribution is 9.10. The maximum atomic E-state index is 3.74. The first-order chi connectivity index (χ1) is 9.72. The van der Waals surface area contributed by atoms with Crippen molar-refractivity contribution in [3.63, 3.8) is 0 Å². The van der Waals surface area contributed by atoms with Crippen LogP contribution < -0.4 is 5.32 Å². The lowest BCUT2D eigenvalue weighted by atomic mass is 9.96. The molecule has 2 aliphatic rings. The normalized spacial score (nSPS) is 23.4. The van der Waals surface area contributed by atoms with Gasteiger partial charge in [-0.2, -0.15) is 0 Å². The van der Waals surface area contributed by atoms with Gasteiger partial charge in [-0.3, -0.25) is 0 Å². The molecule has 3 nitrogen and oxygen atoms in total. The van der Waals surface area contributed by atoms with Crippen LogP contribution in [0.4, 0.5) is 0 Å². The van der Waals surface area contributed by atoms with Gasteiger partial charge in [-0.15, -0.1) is 0 Å². The Morgan fingerprint density at radius 1 is 1.30 bits per heavy atom. The van der Waals surface area contributed by atoms with Crippen molar-refractivity contribution in [3.8, 4) is 0 Å². The molecule has 1 unspecified atom stereocenters. The molecule has 106 valence electrons. The second kappa shape index (κ2) is 4.86. The fourth-order valence-corrected chi connectivity index (χ4v) is 4.19. The molecule has 4 heteroatoms. The van der Waals surface area contributed by atoms with Crippen LogP contribution in [-0.2, 0) is 13.0 Å². The zero-order chi connectivity index (χ0) is 13.7. The van der Waals surface area contributed by atoms with Crippen molar-refractivity contribution in [1.29, 1.82) is 0 Å². The summed E-state index contributed by atoms with van der Waals surface area (Å²) in [6, 6.07) is 5.27. The summed E-state index contributed by atoms with van der Waals surface area (Å²) in [5, 5.41) is 5.04. The topological polar surface area (TPSA) is 20.2 Å². The summed E-state index contributed by atoms with van der Waals surface area (Å²) in [6.45, 7) is 4.48. The average Bonchev–Trinajstić information content (AvgIpc) is 2.77. The number of nitrogens with zero attached hydrogens (tertiary/aromatic N) is 2. The maximum absolute atomic E-state index is 3.74. The van der Waals surface area contributed by atoms with E-state index in [1.54, 1.807) is 0 Å². The number of halogens is 1. The van der Waals surface area contributed by atoms with Crippen molar-refractivity contribution in [2.75, 3.05) is 26.7 Å². The van der Waals surface area contributed by atoms with Crippen molar-refractivity contribution in [3.05, 3.63) is 33.9 Å². The second-order valence-corrected chi connectivity index (χ2v) is 6.97. The molecule has 1 saturated heterocycles. The Kier molecular flexibility index (Phi) is 3.13. The lowest BCUT2D eigenvalue weighted by Crippen LogP contribution is -2.43. The first-order valence-corrected chi connectivity index (χ1v) is 8.25. The van der Waals surface area contributed by atoms with Crippen molar-refractivity contribution >= 4 is 26.8 Å². The third-order valence-electron chi connectivity index (χ3n) is 4.65. The maximum Gasteiger partial charge on any atom is 0.0524 e. The molecule has 20 heavy (non-hydrogen) atoms. The molecule has 2 aromatic rings. The van der Waals surface area contributed by atoms with Crippen LogP contribution in [0.1, 0.15) is 23.6 Å². The molecule has 3 heterocycles. The van der Waals surface area contributed by atoms with Crippen LogP contribution in [0.25, 0.3) is 10.9 Å². The Morgan fingerprint density at radius 3 is 3.05 bits per heavy atom. The number of nitrogens with one attached hydrogen (secondary N) is 1. The minimum absolute atomic E-state index is 0.464. The highest BCUT2D eigenvalue weighted by Crippen LogP contribution is 2.35. The number of rotatable bonds is 1. The Labute approximate surface area is 128 Å². The van der Waals surface area contributed by atoms with Crippen LogP contribution in [-0.4, -0.2) is 36.1 Å². The summed E-state index contributed by atoms with van der Waals surface area (Å²) in [7, 11) is 2.21. The number of aryl methyl sites for hydroxylation is 2. The Bertz CT molecular complexity index is 661. The zero-order valence-corrected chi connectivity index (χ0v) is 13.4. The van der Waals surface area contributed by atoms with Gasteiger partial charge in [-0.25, -0.2) is 0 Å². The minimum atomic E-state index is 0.464. The van der Waals surface area contributed by atoms with E-state index in [9.17, 15) is 0 Å². The fourth-order valence-electron chi connectivity index (χ4n) is 3.64. The van der Waals surface area contributed by atoms with Gasteiger partial charge in [0, 0.05) is 48.3 Å². The van der Waals surface area contributed by atoms with Gasteiger partial charge in [0.05, 0.1) is 5.52 Å². The largest absolute Gasteiger partial charge is 0.346 e. The molecule has 0 radical (unpaired) electrons. The predicted octanol–water partition coefficient (Wildman–Crippen LogP) is 2.93. The summed E-state index contributed by atoms with van der Waals surface area (Å²) >= 11 is 3.74. The third-order valence-corrected chi connectivity index (χ3v) is 5.28. The second-order valence-electron chi connectivity index (χ2n) is 6.12. The van der Waals surface area contributed by atoms with Crippen LogP contribution in [0.2, 0.25) is 0 Å². The average molecular weight is 334 g/mol. The van der Waals surface area contributed by atoms with E-state index in [1.807, 2.05) is 0 Å². The number of piperazine rings is 1. The summed E-state index contributed by atoms with van der Waals surface area (Å²) in [6.07, 6.45) is 4.71. The Balaban J connectivity index is 1.83. The van der Waals surface area contributed by atoms with Crippen molar-refractivity contribution < 1.29 is 0 Å². The first-order valence-electron chi connectivity index (χ1n) is 7.45. The highest BCUT2D eigenvalue weighted by Gasteiger charge is 2.22. The standard InChI is InChI=1S/C16H20BrN3/c1-19-6-4-18-15(10-19)12-7-11-3-2-5-20-9-14(17)13(8-12)16(11)20/h7-9,15,18H,2-6,10H2,1H3. The molecule has 0 spiro atoms. The number of benzene rings is 1. The third kappa shape index (κ3) is 2.01. The number of hydrogen-bond donors (Lipinski definition) is 1. The molecule has 1 aromatic carbocycles. The van der Waals surface area contributed by atoms with Crippen molar-refractivity contribution in [2.45, 2.75) is 25.4 Å². The lowest BCUT2D eigenvalue weighted by Gasteiger charge is -2.31. The van der Waals surface area contributed by atoms with E-state index in [0.29, 0.717) is 6.04 Å². The van der Waals surface area contributed by atoms with Crippen LogP contribution in [0, 0.1) is 0 Å². The number of likely N-dealkylation sites (N-methyl/N-ethyl adjacent to an activating group) is 1. The van der Waals surface area contributed by atoms with Crippen LogP contribution in [0.3, 0.4) is 0 Å². The van der Waals surface area contributed by atoms with Crippen molar-refractivity contribution in [1.82, 2.24) is 14.8 Å². The van der Waals surface area contributed by atoms with E-state index in [0.717, 1.165) is 26.2 Å². The summed E-state index contributed by atoms with van der Waals surface area (Å²) in [4.78, 5) is 2.41. The molecule has 0 bridgehead atoms. The van der Waals surface area contributed by atoms with E-state index < -0.39 is 0 Å². The Hall–Kier alpha value is -0.840. The lowest BCUT2D eigenvalue weighted by molar-refractivity contribution is 0.241. The molecule has 0 amide bonds. The van der Waals surface area contributed by atoms with Gasteiger partial charge in [0.15, 0.2) is 0 Å². The van der Waals surface area contributed by atoms with Crippen LogP contribution in [0.15, 0.2) is 22.8 Å². The quantitative estimate of drug-likeness (QED) is 0.865. The van der Waals surface area contributed by atoms with Crippen LogP contribution >= 0.6 is 15.9 Å². The predicted molar refractivity (Wildman–Crippen MR) is 86.2 cm³/mol. The zero-order valence-electron chi connectivity index (χ0n) is 11.8. The van der Waals surface area contributed by atoms with E-state index >= 15 is 0 Å². The summed E-state index contributed by atoms with van der Waals surface area (Å²) in [5.41, 5.74) is 4.40. The van der Waals surface area contributed by atoms with Crippen molar-refractivity contribution in [2.24, 2.45) is 0 Å². The van der Waals surface area contributed by atoms with E-state index in [-0.39, 0.29) is 0 Å². The number of aromatic nitrogens is 1. The summed E-state index contributed by atoms with van der Waals surface area (Å²) < 4.78 is 3.64. The first kappa shape index (κ1) is 12.9. The van der Waals surface area contributed by atoms with Gasteiger partial charge < -0.3 is 14.8 Å². The molecule has 2 aliphatic heterocycles. The molecule has 1 N–H and O–H groups in total. The number of hydrogen-bond acceptors (Lipinski definition) is 2. The molecule has 0 aliphatic carbocycles. The van der Waals surface area contributed by atoms with Crippen LogP contribution in [0.5, 0.6) is 0 Å².